The van der Waals surface area contributed by atoms with Crippen LogP contribution >= 0.6 is 0 Å². The van der Waals surface area contributed by atoms with Crippen molar-refractivity contribution in [1.29, 1.82) is 0 Å². The van der Waals surface area contributed by atoms with E-state index in [1.807, 2.05) is 0 Å². The normalized spacial score (nSPS) is 28.6. The average Bonchev–Trinajstić information content (AvgIpc) is 2.94. The van der Waals surface area contributed by atoms with Crippen LogP contribution < -0.4 is 5.32 Å². The lowest BCUT2D eigenvalue weighted by Crippen LogP contribution is -2.39. The number of carbonyl (C=O) groups is 1. The molecule has 1 amide bonds. The second kappa shape index (κ2) is 4.09. The SMILES string of the molecule is CC(=O)NC1CN(C)C2Cc3c[nH]c4cccc(c34)C12. The number of nitrogens with zero attached hydrogens (tertiary/aromatic N) is 1. The molecule has 0 saturated carbocycles. The smallest absolute Gasteiger partial charge is 0.217 e. The molecule has 2 heterocycles. The number of carbonyl (C=O) groups excluding carboxylic acids is 1. The Morgan fingerprint density at radius 1 is 1.45 bits per heavy atom. The van der Waals surface area contributed by atoms with E-state index in [0.29, 0.717) is 12.0 Å². The van der Waals surface area contributed by atoms with Gasteiger partial charge in [-0.3, -0.25) is 4.79 Å². The van der Waals surface area contributed by atoms with E-state index in [2.05, 4.69) is 46.6 Å². The van der Waals surface area contributed by atoms with E-state index in [9.17, 15) is 4.79 Å². The number of hydrogen-bond donors (Lipinski definition) is 2. The summed E-state index contributed by atoms with van der Waals surface area (Å²) in [4.78, 5) is 17.2. The van der Waals surface area contributed by atoms with Crippen molar-refractivity contribution in [2.24, 2.45) is 0 Å². The number of fused-ring (bicyclic) bond motifs is 2. The standard InChI is InChI=1S/C16H19N3O/c1-9(20)18-13-8-19(2)14-6-10-7-17-12-5-3-4-11(15(10)12)16(13)14/h3-5,7,13-14,16-17H,6,8H2,1-2H3,(H,18,20). The van der Waals surface area contributed by atoms with Crippen molar-refractivity contribution in [2.75, 3.05) is 13.6 Å². The van der Waals surface area contributed by atoms with Crippen molar-refractivity contribution in [2.45, 2.75) is 31.3 Å². The number of likely N-dealkylation sites (tertiary alicyclic amines) is 1. The predicted molar refractivity (Wildman–Crippen MR) is 78.8 cm³/mol. The van der Waals surface area contributed by atoms with Crippen molar-refractivity contribution >= 4 is 16.8 Å². The first kappa shape index (κ1) is 12.0. The van der Waals surface area contributed by atoms with Crippen LogP contribution in [0.25, 0.3) is 10.9 Å². The van der Waals surface area contributed by atoms with Crippen LogP contribution in [0.15, 0.2) is 24.4 Å². The average molecular weight is 269 g/mol. The maximum Gasteiger partial charge on any atom is 0.217 e. The Labute approximate surface area is 118 Å². The van der Waals surface area contributed by atoms with Gasteiger partial charge in [-0.2, -0.15) is 0 Å². The number of amides is 1. The van der Waals surface area contributed by atoms with Gasteiger partial charge < -0.3 is 15.2 Å². The van der Waals surface area contributed by atoms with Crippen molar-refractivity contribution in [3.8, 4) is 0 Å². The van der Waals surface area contributed by atoms with Gasteiger partial charge in [-0.05, 0) is 30.7 Å². The van der Waals surface area contributed by atoms with Gasteiger partial charge in [-0.15, -0.1) is 0 Å². The minimum Gasteiger partial charge on any atom is -0.361 e. The first-order chi connectivity index (χ1) is 9.65. The molecule has 0 bridgehead atoms. The van der Waals surface area contributed by atoms with Crippen molar-refractivity contribution in [3.63, 3.8) is 0 Å². The summed E-state index contributed by atoms with van der Waals surface area (Å²) in [5.41, 5.74) is 4.01. The van der Waals surface area contributed by atoms with Crippen molar-refractivity contribution in [3.05, 3.63) is 35.5 Å². The molecule has 20 heavy (non-hydrogen) atoms. The van der Waals surface area contributed by atoms with Gasteiger partial charge in [0.05, 0.1) is 0 Å². The third kappa shape index (κ3) is 1.54. The fourth-order valence-electron chi connectivity index (χ4n) is 4.15. The molecule has 1 aromatic carbocycles. The quantitative estimate of drug-likeness (QED) is 0.826. The largest absolute Gasteiger partial charge is 0.361 e. The number of nitrogens with one attached hydrogen (secondary N) is 2. The molecule has 4 heteroatoms. The van der Waals surface area contributed by atoms with Gasteiger partial charge in [-0.1, -0.05) is 12.1 Å². The number of aromatic nitrogens is 1. The van der Waals surface area contributed by atoms with Crippen LogP contribution in [0.4, 0.5) is 0 Å². The number of hydrogen-bond acceptors (Lipinski definition) is 2. The summed E-state index contributed by atoms with van der Waals surface area (Å²) in [5.74, 6) is 0.465. The molecule has 1 saturated heterocycles. The van der Waals surface area contributed by atoms with Crippen LogP contribution in [-0.2, 0) is 11.2 Å². The molecule has 1 fully saturated rings. The zero-order valence-corrected chi connectivity index (χ0v) is 11.8. The first-order valence-electron chi connectivity index (χ1n) is 7.21. The number of rotatable bonds is 1. The van der Waals surface area contributed by atoms with Gasteiger partial charge in [0, 0.05) is 48.6 Å². The monoisotopic (exact) mass is 269 g/mol. The minimum absolute atomic E-state index is 0.0658. The Morgan fingerprint density at radius 2 is 2.30 bits per heavy atom. The minimum atomic E-state index is 0.0658. The van der Waals surface area contributed by atoms with Crippen molar-refractivity contribution in [1.82, 2.24) is 15.2 Å². The fraction of sp³-hybridized carbons (Fsp3) is 0.438. The predicted octanol–water partition coefficient (Wildman–Crippen LogP) is 1.63. The highest BCUT2D eigenvalue weighted by atomic mass is 16.1. The molecule has 1 aliphatic carbocycles. The maximum absolute atomic E-state index is 11.5. The molecule has 3 unspecified atom stereocenters. The summed E-state index contributed by atoms with van der Waals surface area (Å²) in [6, 6.07) is 7.18. The summed E-state index contributed by atoms with van der Waals surface area (Å²) < 4.78 is 0. The fourth-order valence-corrected chi connectivity index (χ4v) is 4.15. The molecule has 1 aromatic heterocycles. The molecular weight excluding hydrogens is 250 g/mol. The van der Waals surface area contributed by atoms with Gasteiger partial charge in [0.25, 0.3) is 0 Å². The van der Waals surface area contributed by atoms with E-state index in [1.54, 1.807) is 6.92 Å². The van der Waals surface area contributed by atoms with Gasteiger partial charge in [0.15, 0.2) is 0 Å². The number of likely N-dealkylation sites (N-methyl/N-ethyl adjacent to an activating group) is 1. The van der Waals surface area contributed by atoms with Gasteiger partial charge in [0.1, 0.15) is 0 Å². The van der Waals surface area contributed by atoms with Crippen LogP contribution in [0, 0.1) is 0 Å². The molecule has 0 radical (unpaired) electrons. The van der Waals surface area contributed by atoms with Gasteiger partial charge in [0.2, 0.25) is 5.91 Å². The Bertz CT molecular complexity index is 690. The molecule has 4 nitrogen and oxygen atoms in total. The third-order valence-electron chi connectivity index (χ3n) is 4.90. The number of H-pyrrole nitrogens is 1. The molecule has 2 N–H and O–H groups in total. The molecule has 104 valence electrons. The maximum atomic E-state index is 11.5. The Balaban J connectivity index is 1.86. The lowest BCUT2D eigenvalue weighted by molar-refractivity contribution is -0.119. The van der Waals surface area contributed by atoms with Crippen LogP contribution in [0.1, 0.15) is 24.0 Å². The molecule has 0 spiro atoms. The second-order valence-corrected chi connectivity index (χ2v) is 6.13. The number of aromatic amines is 1. The summed E-state index contributed by atoms with van der Waals surface area (Å²) >= 11 is 0. The molecule has 1 aliphatic heterocycles. The van der Waals surface area contributed by atoms with Crippen LogP contribution in [-0.4, -0.2) is 41.5 Å². The van der Waals surface area contributed by atoms with Gasteiger partial charge >= 0.3 is 0 Å². The molecule has 4 rings (SSSR count). The second-order valence-electron chi connectivity index (χ2n) is 6.13. The summed E-state index contributed by atoms with van der Waals surface area (Å²) in [6.07, 6.45) is 3.21. The van der Waals surface area contributed by atoms with Crippen LogP contribution in [0.5, 0.6) is 0 Å². The molecule has 2 aliphatic rings. The highest BCUT2D eigenvalue weighted by molar-refractivity contribution is 5.88. The molecule has 2 aromatic rings. The van der Waals surface area contributed by atoms with E-state index < -0.39 is 0 Å². The number of benzene rings is 1. The summed E-state index contributed by atoms with van der Waals surface area (Å²) in [6.45, 7) is 2.54. The van der Waals surface area contributed by atoms with E-state index >= 15 is 0 Å². The highest BCUT2D eigenvalue weighted by Crippen LogP contribution is 2.43. The first-order valence-corrected chi connectivity index (χ1v) is 7.21. The third-order valence-corrected chi connectivity index (χ3v) is 4.90. The van der Waals surface area contributed by atoms with E-state index in [0.717, 1.165) is 13.0 Å². The molecular formula is C16H19N3O. The topological polar surface area (TPSA) is 48.1 Å². The summed E-state index contributed by atoms with van der Waals surface area (Å²) in [5, 5.41) is 4.52. The van der Waals surface area contributed by atoms with E-state index in [1.165, 1.54) is 22.0 Å². The lowest BCUT2D eigenvalue weighted by Gasteiger charge is -2.31. The Morgan fingerprint density at radius 3 is 3.10 bits per heavy atom. The zero-order valence-electron chi connectivity index (χ0n) is 11.8. The summed E-state index contributed by atoms with van der Waals surface area (Å²) in [7, 11) is 2.16. The Hall–Kier alpha value is -1.81. The Kier molecular flexibility index (Phi) is 2.45. The van der Waals surface area contributed by atoms with Crippen molar-refractivity contribution < 1.29 is 4.79 Å². The van der Waals surface area contributed by atoms with E-state index in [-0.39, 0.29) is 11.9 Å². The lowest BCUT2D eigenvalue weighted by atomic mass is 9.78. The highest BCUT2D eigenvalue weighted by Gasteiger charge is 2.44. The van der Waals surface area contributed by atoms with Crippen LogP contribution in [0.3, 0.4) is 0 Å². The van der Waals surface area contributed by atoms with Crippen LogP contribution in [0.2, 0.25) is 0 Å². The van der Waals surface area contributed by atoms with Gasteiger partial charge in [-0.25, -0.2) is 0 Å². The zero-order chi connectivity index (χ0) is 13.9. The molecule has 3 atom stereocenters. The van der Waals surface area contributed by atoms with E-state index in [4.69, 9.17) is 0 Å².